The van der Waals surface area contributed by atoms with E-state index in [-0.39, 0.29) is 15.6 Å². The fraction of sp³-hybridized carbons (Fsp3) is 0.286. The SMILES string of the molecule is Cn1cccc1/C=C1/SC(=S)N([C@@H](CCC(=O)[O-])C(=O)[O-])C1=O. The van der Waals surface area contributed by atoms with Crippen molar-refractivity contribution in [2.24, 2.45) is 7.05 Å². The zero-order chi connectivity index (χ0) is 17.1. The summed E-state index contributed by atoms with van der Waals surface area (Å²) in [5, 5.41) is 21.8. The Balaban J connectivity index is 2.26. The highest BCUT2D eigenvalue weighted by atomic mass is 32.2. The van der Waals surface area contributed by atoms with Crippen LogP contribution in [0.2, 0.25) is 0 Å². The molecule has 1 saturated heterocycles. The molecule has 1 atom stereocenters. The van der Waals surface area contributed by atoms with E-state index < -0.39 is 30.3 Å². The second-order valence-electron chi connectivity index (χ2n) is 4.84. The number of thiocarbonyl (C=S) groups is 1. The van der Waals surface area contributed by atoms with Crippen LogP contribution >= 0.6 is 24.0 Å². The van der Waals surface area contributed by atoms with Crippen LogP contribution in [-0.4, -0.2) is 37.7 Å². The zero-order valence-corrected chi connectivity index (χ0v) is 13.7. The van der Waals surface area contributed by atoms with Crippen LogP contribution in [0.15, 0.2) is 23.2 Å². The molecule has 122 valence electrons. The first kappa shape index (κ1) is 17.2. The van der Waals surface area contributed by atoms with Crippen molar-refractivity contribution in [1.29, 1.82) is 0 Å². The Hall–Kier alpha value is -2.13. The number of carboxylic acid groups (broad SMARTS) is 2. The van der Waals surface area contributed by atoms with E-state index in [9.17, 15) is 24.6 Å². The smallest absolute Gasteiger partial charge is 0.266 e. The largest absolute Gasteiger partial charge is 0.550 e. The van der Waals surface area contributed by atoms with E-state index in [0.717, 1.165) is 22.4 Å². The van der Waals surface area contributed by atoms with Gasteiger partial charge in [-0.2, -0.15) is 0 Å². The first-order valence-corrected chi connectivity index (χ1v) is 7.83. The molecule has 0 saturated carbocycles. The summed E-state index contributed by atoms with van der Waals surface area (Å²) in [7, 11) is 1.80. The normalized spacial score (nSPS) is 17.8. The first-order chi connectivity index (χ1) is 10.8. The van der Waals surface area contributed by atoms with Crippen molar-refractivity contribution in [3.05, 3.63) is 28.9 Å². The highest BCUT2D eigenvalue weighted by Gasteiger charge is 2.37. The minimum atomic E-state index is -1.55. The number of aryl methyl sites for hydroxylation is 1. The summed E-state index contributed by atoms with van der Waals surface area (Å²) in [5.74, 6) is -3.53. The van der Waals surface area contributed by atoms with E-state index in [1.54, 1.807) is 36.0 Å². The molecule has 1 amide bonds. The molecular formula is C14H12N2O5S2-2. The summed E-state index contributed by atoms with van der Waals surface area (Å²) < 4.78 is 1.85. The molecule has 0 aliphatic carbocycles. The van der Waals surface area contributed by atoms with Crippen molar-refractivity contribution in [2.45, 2.75) is 18.9 Å². The lowest BCUT2D eigenvalue weighted by Crippen LogP contribution is -2.50. The Morgan fingerprint density at radius 2 is 2.13 bits per heavy atom. The second-order valence-corrected chi connectivity index (χ2v) is 6.52. The van der Waals surface area contributed by atoms with Gasteiger partial charge >= 0.3 is 0 Å². The van der Waals surface area contributed by atoms with E-state index in [4.69, 9.17) is 12.2 Å². The number of rotatable bonds is 6. The molecule has 2 heterocycles. The van der Waals surface area contributed by atoms with Crippen molar-refractivity contribution in [3.8, 4) is 0 Å². The lowest BCUT2D eigenvalue weighted by molar-refractivity contribution is -0.311. The predicted octanol–water partition coefficient (Wildman–Crippen LogP) is -1.13. The Morgan fingerprint density at radius 3 is 2.65 bits per heavy atom. The molecule has 0 spiro atoms. The number of carboxylic acids is 2. The summed E-state index contributed by atoms with van der Waals surface area (Å²) in [4.78, 5) is 35.4. The van der Waals surface area contributed by atoms with E-state index >= 15 is 0 Å². The van der Waals surface area contributed by atoms with Crippen LogP contribution < -0.4 is 10.2 Å². The molecule has 0 bridgehead atoms. The van der Waals surface area contributed by atoms with Gasteiger partial charge in [-0.25, -0.2) is 0 Å². The van der Waals surface area contributed by atoms with Gasteiger partial charge in [0.15, 0.2) is 0 Å². The zero-order valence-electron chi connectivity index (χ0n) is 12.1. The first-order valence-electron chi connectivity index (χ1n) is 6.60. The molecule has 1 aliphatic heterocycles. The van der Waals surface area contributed by atoms with E-state index in [1.165, 1.54) is 0 Å². The molecule has 1 fully saturated rings. The Bertz CT molecular complexity index is 710. The maximum Gasteiger partial charge on any atom is 0.266 e. The lowest BCUT2D eigenvalue weighted by atomic mass is 10.1. The predicted molar refractivity (Wildman–Crippen MR) is 83.5 cm³/mol. The number of carbonyl (C=O) groups is 3. The average Bonchev–Trinajstić information content (AvgIpc) is 2.97. The van der Waals surface area contributed by atoms with Gasteiger partial charge in [0, 0.05) is 24.9 Å². The number of hydrogen-bond donors (Lipinski definition) is 0. The quantitative estimate of drug-likeness (QED) is 0.471. The van der Waals surface area contributed by atoms with Gasteiger partial charge in [-0.15, -0.1) is 0 Å². The Labute approximate surface area is 141 Å². The summed E-state index contributed by atoms with van der Waals surface area (Å²) >= 11 is 6.03. The molecule has 2 rings (SSSR count). The monoisotopic (exact) mass is 352 g/mol. The minimum Gasteiger partial charge on any atom is -0.550 e. The van der Waals surface area contributed by atoms with Crippen LogP contribution in [0.1, 0.15) is 18.5 Å². The van der Waals surface area contributed by atoms with Crippen molar-refractivity contribution in [1.82, 2.24) is 9.47 Å². The van der Waals surface area contributed by atoms with Crippen LogP contribution in [0.5, 0.6) is 0 Å². The van der Waals surface area contributed by atoms with Crippen molar-refractivity contribution >= 4 is 52.2 Å². The third kappa shape index (κ3) is 3.80. The summed E-state index contributed by atoms with van der Waals surface area (Å²) in [6.07, 6.45) is 2.57. The van der Waals surface area contributed by atoms with Crippen molar-refractivity contribution in [2.75, 3.05) is 0 Å². The van der Waals surface area contributed by atoms with Gasteiger partial charge in [-0.1, -0.05) is 24.0 Å². The molecule has 9 heteroatoms. The van der Waals surface area contributed by atoms with Crippen LogP contribution in [0.4, 0.5) is 0 Å². The number of aliphatic carboxylic acids is 2. The molecule has 1 aliphatic rings. The van der Waals surface area contributed by atoms with Crippen molar-refractivity contribution < 1.29 is 24.6 Å². The molecular weight excluding hydrogens is 340 g/mol. The molecule has 0 N–H and O–H groups in total. The maximum atomic E-state index is 12.4. The average molecular weight is 352 g/mol. The van der Waals surface area contributed by atoms with Gasteiger partial charge in [0.2, 0.25) is 0 Å². The summed E-state index contributed by atoms with van der Waals surface area (Å²) in [5.41, 5.74) is 0.755. The topological polar surface area (TPSA) is 106 Å². The molecule has 0 unspecified atom stereocenters. The van der Waals surface area contributed by atoms with Crippen LogP contribution in [0, 0.1) is 0 Å². The third-order valence-electron chi connectivity index (χ3n) is 3.29. The molecule has 0 aromatic carbocycles. The molecule has 23 heavy (non-hydrogen) atoms. The standard InChI is InChI=1S/C14H14N2O5S2/c1-15-6-2-3-8(15)7-10-12(19)16(14(22)23-10)9(13(20)21)4-5-11(17)18/h2-3,6-7,9H,4-5H2,1H3,(H,17,18)(H,20,21)/p-2/b10-7+/t9-/m0/s1. The van der Waals surface area contributed by atoms with Crippen LogP contribution in [0.25, 0.3) is 6.08 Å². The highest BCUT2D eigenvalue weighted by Crippen LogP contribution is 2.34. The number of aromatic nitrogens is 1. The highest BCUT2D eigenvalue weighted by molar-refractivity contribution is 8.26. The third-order valence-corrected chi connectivity index (χ3v) is 4.62. The van der Waals surface area contributed by atoms with Gasteiger partial charge in [-0.05, 0) is 31.1 Å². The number of carbonyl (C=O) groups excluding carboxylic acids is 3. The number of thioether (sulfide) groups is 1. The Morgan fingerprint density at radius 1 is 1.43 bits per heavy atom. The van der Waals surface area contributed by atoms with E-state index in [1.807, 2.05) is 0 Å². The van der Waals surface area contributed by atoms with Gasteiger partial charge in [0.05, 0.1) is 16.9 Å². The van der Waals surface area contributed by atoms with E-state index in [2.05, 4.69) is 0 Å². The molecule has 1 aromatic heterocycles. The van der Waals surface area contributed by atoms with E-state index in [0.29, 0.717) is 0 Å². The van der Waals surface area contributed by atoms with Gasteiger partial charge in [0.1, 0.15) is 4.32 Å². The number of nitrogens with zero attached hydrogens (tertiary/aromatic N) is 2. The molecule has 0 radical (unpaired) electrons. The van der Waals surface area contributed by atoms with Gasteiger partial charge < -0.3 is 24.4 Å². The van der Waals surface area contributed by atoms with Gasteiger partial charge in [0.25, 0.3) is 5.91 Å². The number of hydrogen-bond acceptors (Lipinski definition) is 7. The maximum absolute atomic E-state index is 12.4. The minimum absolute atomic E-state index is 0.0583. The summed E-state index contributed by atoms with van der Waals surface area (Å²) in [6.45, 7) is 0. The molecule has 7 nitrogen and oxygen atoms in total. The Kier molecular flexibility index (Phi) is 5.22. The second kappa shape index (κ2) is 6.97. The molecule has 1 aromatic rings. The number of amides is 1. The van der Waals surface area contributed by atoms with Crippen molar-refractivity contribution in [3.63, 3.8) is 0 Å². The summed E-state index contributed by atoms with van der Waals surface area (Å²) in [6, 6.07) is 2.16. The fourth-order valence-corrected chi connectivity index (χ4v) is 3.46. The van der Waals surface area contributed by atoms with Gasteiger partial charge in [-0.3, -0.25) is 9.69 Å². The fourth-order valence-electron chi connectivity index (χ4n) is 2.11. The lowest BCUT2D eigenvalue weighted by Gasteiger charge is -2.27. The van der Waals surface area contributed by atoms with Crippen LogP contribution in [-0.2, 0) is 21.4 Å². The van der Waals surface area contributed by atoms with Crippen LogP contribution in [0.3, 0.4) is 0 Å².